The van der Waals surface area contributed by atoms with E-state index in [-0.39, 0.29) is 0 Å². The van der Waals surface area contributed by atoms with Crippen LogP contribution in [-0.2, 0) is 0 Å². The average Bonchev–Trinajstić information content (AvgIpc) is 2.76. The van der Waals surface area contributed by atoms with Gasteiger partial charge in [-0.3, -0.25) is 0 Å². The SMILES string of the molecule is CCCCCCCOc1ccc2cc([C@H]3CC[C@H](CC(C)CC)CC3)ccc2c1. The molecule has 0 aromatic heterocycles. The zero-order valence-corrected chi connectivity index (χ0v) is 19.1. The van der Waals surface area contributed by atoms with Gasteiger partial charge in [0, 0.05) is 0 Å². The third-order valence-electron chi connectivity index (χ3n) is 7.10. The summed E-state index contributed by atoms with van der Waals surface area (Å²) in [5.41, 5.74) is 1.55. The Balaban J connectivity index is 1.52. The smallest absolute Gasteiger partial charge is 0.119 e. The van der Waals surface area contributed by atoms with E-state index in [1.165, 1.54) is 75.0 Å². The normalized spacial score (nSPS) is 20.7. The van der Waals surface area contributed by atoms with Gasteiger partial charge >= 0.3 is 0 Å². The Hall–Kier alpha value is -1.50. The molecule has 2 aromatic rings. The molecule has 0 heterocycles. The second-order valence-corrected chi connectivity index (χ2v) is 9.50. The van der Waals surface area contributed by atoms with Gasteiger partial charge in [-0.05, 0) is 84.7 Å². The molecule has 1 nitrogen and oxygen atoms in total. The lowest BCUT2D eigenvalue weighted by Gasteiger charge is -2.30. The largest absolute Gasteiger partial charge is 0.494 e. The summed E-state index contributed by atoms with van der Waals surface area (Å²) in [6.07, 6.45) is 14.7. The number of unbranched alkanes of at least 4 members (excludes halogenated alkanes) is 4. The van der Waals surface area contributed by atoms with Crippen LogP contribution in [0.1, 0.15) is 103 Å². The molecule has 0 radical (unpaired) electrons. The molecule has 0 spiro atoms. The summed E-state index contributed by atoms with van der Waals surface area (Å²) >= 11 is 0. The summed E-state index contributed by atoms with van der Waals surface area (Å²) in [6.45, 7) is 7.85. The Kier molecular flexibility index (Phi) is 8.90. The molecule has 1 aliphatic rings. The molecule has 1 aliphatic carbocycles. The van der Waals surface area contributed by atoms with E-state index in [0.717, 1.165) is 36.5 Å². The Morgan fingerprint density at radius 3 is 2.34 bits per heavy atom. The summed E-state index contributed by atoms with van der Waals surface area (Å²) in [5, 5.41) is 2.67. The van der Waals surface area contributed by atoms with E-state index in [2.05, 4.69) is 57.2 Å². The summed E-state index contributed by atoms with van der Waals surface area (Å²) < 4.78 is 5.99. The van der Waals surface area contributed by atoms with Crippen molar-refractivity contribution in [2.45, 2.75) is 97.3 Å². The predicted octanol–water partition coefficient (Wildman–Crippen LogP) is 8.90. The number of ether oxygens (including phenoxy) is 1. The fourth-order valence-electron chi connectivity index (χ4n) is 4.95. The lowest BCUT2D eigenvalue weighted by Crippen LogP contribution is -2.15. The van der Waals surface area contributed by atoms with Gasteiger partial charge in [-0.15, -0.1) is 0 Å². The molecule has 1 heteroatoms. The van der Waals surface area contributed by atoms with Crippen molar-refractivity contribution < 1.29 is 4.74 Å². The van der Waals surface area contributed by atoms with Gasteiger partial charge in [0.15, 0.2) is 0 Å². The first-order valence-corrected chi connectivity index (χ1v) is 12.4. The first-order valence-electron chi connectivity index (χ1n) is 12.4. The molecule has 1 saturated carbocycles. The maximum Gasteiger partial charge on any atom is 0.119 e. The van der Waals surface area contributed by atoms with Crippen molar-refractivity contribution in [3.8, 4) is 5.75 Å². The van der Waals surface area contributed by atoms with E-state index in [1.54, 1.807) is 5.56 Å². The van der Waals surface area contributed by atoms with Crippen LogP contribution >= 0.6 is 0 Å². The molecular weight excluding hydrogens is 352 g/mol. The van der Waals surface area contributed by atoms with E-state index in [9.17, 15) is 0 Å². The Bertz CT molecular complexity index is 726. The summed E-state index contributed by atoms with van der Waals surface area (Å²) in [6, 6.07) is 13.7. The van der Waals surface area contributed by atoms with Crippen LogP contribution in [0.4, 0.5) is 0 Å². The van der Waals surface area contributed by atoms with Crippen molar-refractivity contribution in [3.05, 3.63) is 42.0 Å². The zero-order chi connectivity index (χ0) is 20.5. The fourth-order valence-corrected chi connectivity index (χ4v) is 4.95. The number of hydrogen-bond acceptors (Lipinski definition) is 1. The molecule has 160 valence electrons. The van der Waals surface area contributed by atoms with Crippen LogP contribution in [0.5, 0.6) is 5.75 Å². The van der Waals surface area contributed by atoms with Crippen LogP contribution < -0.4 is 4.74 Å². The number of hydrogen-bond donors (Lipinski definition) is 0. The van der Waals surface area contributed by atoms with E-state index < -0.39 is 0 Å². The van der Waals surface area contributed by atoms with Crippen molar-refractivity contribution in [2.75, 3.05) is 6.61 Å². The Labute approximate surface area is 179 Å². The minimum Gasteiger partial charge on any atom is -0.494 e. The first kappa shape index (κ1) is 22.2. The molecule has 0 bridgehead atoms. The molecule has 2 aromatic carbocycles. The monoisotopic (exact) mass is 394 g/mol. The van der Waals surface area contributed by atoms with Crippen LogP contribution in [0, 0.1) is 11.8 Å². The maximum absolute atomic E-state index is 5.99. The van der Waals surface area contributed by atoms with Crippen LogP contribution in [0.3, 0.4) is 0 Å². The van der Waals surface area contributed by atoms with Crippen molar-refractivity contribution in [3.63, 3.8) is 0 Å². The molecule has 29 heavy (non-hydrogen) atoms. The van der Waals surface area contributed by atoms with Gasteiger partial charge in [0.2, 0.25) is 0 Å². The van der Waals surface area contributed by atoms with Crippen LogP contribution in [0.25, 0.3) is 10.8 Å². The van der Waals surface area contributed by atoms with Crippen LogP contribution in [0.15, 0.2) is 36.4 Å². The van der Waals surface area contributed by atoms with Gasteiger partial charge in [0.1, 0.15) is 5.75 Å². The highest BCUT2D eigenvalue weighted by Gasteiger charge is 2.23. The van der Waals surface area contributed by atoms with Crippen LogP contribution in [0.2, 0.25) is 0 Å². The topological polar surface area (TPSA) is 9.23 Å². The van der Waals surface area contributed by atoms with Gasteiger partial charge < -0.3 is 4.74 Å². The third-order valence-corrected chi connectivity index (χ3v) is 7.10. The second-order valence-electron chi connectivity index (χ2n) is 9.50. The lowest BCUT2D eigenvalue weighted by atomic mass is 9.75. The maximum atomic E-state index is 5.99. The average molecular weight is 395 g/mol. The molecule has 1 atom stereocenters. The molecule has 3 rings (SSSR count). The molecular formula is C28H42O. The van der Waals surface area contributed by atoms with Gasteiger partial charge in [-0.25, -0.2) is 0 Å². The standard InChI is InChI=1S/C28H42O/c1-4-6-7-8-9-18-29-28-17-16-26-20-25(14-15-27(26)21-28)24-12-10-23(11-13-24)19-22(3)5-2/h14-17,20-24H,4-13,18-19H2,1-3H3/t22?,23-,24-. The highest BCUT2D eigenvalue weighted by atomic mass is 16.5. The van der Waals surface area contributed by atoms with E-state index >= 15 is 0 Å². The molecule has 0 amide bonds. The highest BCUT2D eigenvalue weighted by molar-refractivity contribution is 5.84. The van der Waals surface area contributed by atoms with Crippen LogP contribution in [-0.4, -0.2) is 6.61 Å². The van der Waals surface area contributed by atoms with Gasteiger partial charge in [0.05, 0.1) is 6.61 Å². The molecule has 1 unspecified atom stereocenters. The zero-order valence-electron chi connectivity index (χ0n) is 19.1. The highest BCUT2D eigenvalue weighted by Crippen LogP contribution is 2.39. The number of fused-ring (bicyclic) bond motifs is 1. The van der Waals surface area contributed by atoms with Crippen molar-refractivity contribution in [2.24, 2.45) is 11.8 Å². The molecule has 0 aliphatic heterocycles. The summed E-state index contributed by atoms with van der Waals surface area (Å²) in [5.74, 6) is 3.63. The van der Waals surface area contributed by atoms with Gasteiger partial charge in [-0.2, -0.15) is 0 Å². The summed E-state index contributed by atoms with van der Waals surface area (Å²) in [4.78, 5) is 0. The molecule has 0 saturated heterocycles. The molecule has 1 fully saturated rings. The minimum atomic E-state index is 0.756. The number of benzene rings is 2. The van der Waals surface area contributed by atoms with Gasteiger partial charge in [0.25, 0.3) is 0 Å². The quantitative estimate of drug-likeness (QED) is 0.346. The predicted molar refractivity (Wildman–Crippen MR) is 127 cm³/mol. The second kappa shape index (κ2) is 11.6. The van der Waals surface area contributed by atoms with Gasteiger partial charge in [-0.1, -0.05) is 77.1 Å². The van der Waals surface area contributed by atoms with Crippen molar-refractivity contribution >= 4 is 10.8 Å². The third kappa shape index (κ3) is 6.76. The van der Waals surface area contributed by atoms with Crippen molar-refractivity contribution in [1.82, 2.24) is 0 Å². The molecule has 0 N–H and O–H groups in total. The number of rotatable bonds is 11. The first-order chi connectivity index (χ1) is 14.2. The Morgan fingerprint density at radius 2 is 1.59 bits per heavy atom. The summed E-state index contributed by atoms with van der Waals surface area (Å²) in [7, 11) is 0. The Morgan fingerprint density at radius 1 is 0.862 bits per heavy atom. The fraction of sp³-hybridized carbons (Fsp3) is 0.643. The van der Waals surface area contributed by atoms with E-state index in [1.807, 2.05) is 0 Å². The van der Waals surface area contributed by atoms with E-state index in [4.69, 9.17) is 4.74 Å². The minimum absolute atomic E-state index is 0.756. The lowest BCUT2D eigenvalue weighted by molar-refractivity contribution is 0.273. The van der Waals surface area contributed by atoms with Crippen molar-refractivity contribution in [1.29, 1.82) is 0 Å². The van der Waals surface area contributed by atoms with E-state index in [0.29, 0.717) is 0 Å².